The molecule has 29 heavy (non-hydrogen) atoms. The Hall–Kier alpha value is -1.59. The van der Waals surface area contributed by atoms with E-state index in [0.29, 0.717) is 24.3 Å². The molecule has 0 saturated carbocycles. The SMILES string of the molecule is CCc1c(C)c2c(c(O[Si](C)(C)C(C)(C)C)c1C[C@H](O)C1=CCCC1)C(=O)OC2. The van der Waals surface area contributed by atoms with Gasteiger partial charge in [-0.25, -0.2) is 4.79 Å². The van der Waals surface area contributed by atoms with E-state index in [0.717, 1.165) is 47.9 Å². The Labute approximate surface area is 176 Å². The van der Waals surface area contributed by atoms with Crippen LogP contribution in [0.25, 0.3) is 0 Å². The zero-order chi connectivity index (χ0) is 21.6. The standard InChI is InChI=1S/C24H36O4Si/c1-8-17-15(2)19-14-27-23(26)21(19)22(28-29(6,7)24(3,4)5)18(17)13-20(25)16-11-9-10-12-16/h11,20,25H,8-10,12-14H2,1-7H3/t20-/m0/s1. The number of ether oxygens (including phenoxy) is 1. The Kier molecular flexibility index (Phi) is 6.03. The summed E-state index contributed by atoms with van der Waals surface area (Å²) in [5, 5.41) is 11.0. The van der Waals surface area contributed by atoms with Gasteiger partial charge in [0.2, 0.25) is 0 Å². The van der Waals surface area contributed by atoms with Crippen molar-refractivity contribution in [2.45, 2.75) is 97.6 Å². The Bertz CT molecular complexity index is 846. The molecule has 0 fully saturated rings. The van der Waals surface area contributed by atoms with Crippen LogP contribution in [0.15, 0.2) is 11.6 Å². The fourth-order valence-electron chi connectivity index (χ4n) is 4.17. The monoisotopic (exact) mass is 416 g/mol. The third-order valence-corrected chi connectivity index (χ3v) is 11.4. The molecule has 160 valence electrons. The van der Waals surface area contributed by atoms with Gasteiger partial charge in [0.05, 0.1) is 6.10 Å². The Morgan fingerprint density at radius 1 is 1.28 bits per heavy atom. The molecule has 0 spiro atoms. The molecular weight excluding hydrogens is 380 g/mol. The van der Waals surface area contributed by atoms with Gasteiger partial charge in [-0.15, -0.1) is 0 Å². The fraction of sp³-hybridized carbons (Fsp3) is 0.625. The minimum absolute atomic E-state index is 0.00349. The van der Waals surface area contributed by atoms with Gasteiger partial charge in [-0.2, -0.15) is 0 Å². The lowest BCUT2D eigenvalue weighted by Crippen LogP contribution is -2.44. The third-order valence-electron chi connectivity index (χ3n) is 7.04. The molecule has 1 N–H and O–H groups in total. The van der Waals surface area contributed by atoms with E-state index in [1.54, 1.807) is 0 Å². The molecule has 0 saturated heterocycles. The smallest absolute Gasteiger partial charge is 0.342 e. The number of benzene rings is 1. The molecule has 0 bridgehead atoms. The van der Waals surface area contributed by atoms with Crippen molar-refractivity contribution in [2.24, 2.45) is 0 Å². The van der Waals surface area contributed by atoms with Crippen molar-refractivity contribution in [2.75, 3.05) is 0 Å². The van der Waals surface area contributed by atoms with Gasteiger partial charge < -0.3 is 14.3 Å². The quantitative estimate of drug-likeness (QED) is 0.371. The van der Waals surface area contributed by atoms with E-state index in [1.807, 2.05) is 0 Å². The zero-order valence-electron chi connectivity index (χ0n) is 19.1. The second-order valence-corrected chi connectivity index (χ2v) is 14.7. The van der Waals surface area contributed by atoms with Gasteiger partial charge >= 0.3 is 5.97 Å². The number of esters is 1. The van der Waals surface area contributed by atoms with Gasteiger partial charge in [0.1, 0.15) is 17.9 Å². The van der Waals surface area contributed by atoms with Gasteiger partial charge in [0.15, 0.2) is 0 Å². The van der Waals surface area contributed by atoms with E-state index < -0.39 is 14.4 Å². The van der Waals surface area contributed by atoms with E-state index in [9.17, 15) is 9.90 Å². The number of allylic oxidation sites excluding steroid dienone is 1. The Morgan fingerprint density at radius 3 is 2.52 bits per heavy atom. The molecule has 1 aliphatic heterocycles. The number of aliphatic hydroxyl groups excluding tert-OH is 1. The predicted molar refractivity (Wildman–Crippen MR) is 119 cm³/mol. The second-order valence-electron chi connectivity index (χ2n) is 9.95. The molecule has 1 atom stereocenters. The maximum atomic E-state index is 12.7. The normalized spacial score (nSPS) is 17.8. The maximum absolute atomic E-state index is 12.7. The van der Waals surface area contributed by atoms with Crippen LogP contribution < -0.4 is 4.43 Å². The average molecular weight is 417 g/mol. The third kappa shape index (κ3) is 4.04. The molecule has 1 aliphatic carbocycles. The molecule has 1 aromatic rings. The van der Waals surface area contributed by atoms with Crippen LogP contribution in [0.3, 0.4) is 0 Å². The van der Waals surface area contributed by atoms with Crippen molar-refractivity contribution in [3.63, 3.8) is 0 Å². The summed E-state index contributed by atoms with van der Waals surface area (Å²) in [5.41, 5.74) is 5.96. The zero-order valence-corrected chi connectivity index (χ0v) is 20.1. The lowest BCUT2D eigenvalue weighted by molar-refractivity contribution is 0.0533. The summed E-state index contributed by atoms with van der Waals surface area (Å²) < 4.78 is 12.2. The molecule has 5 heteroatoms. The van der Waals surface area contributed by atoms with Crippen LogP contribution in [0.1, 0.15) is 79.6 Å². The van der Waals surface area contributed by atoms with Crippen LogP contribution in [-0.4, -0.2) is 25.5 Å². The molecule has 1 aromatic carbocycles. The van der Waals surface area contributed by atoms with Gasteiger partial charge in [0.25, 0.3) is 8.32 Å². The summed E-state index contributed by atoms with van der Waals surface area (Å²) in [6.07, 6.45) is 6.06. The van der Waals surface area contributed by atoms with Crippen molar-refractivity contribution in [1.82, 2.24) is 0 Å². The number of cyclic esters (lactones) is 1. The van der Waals surface area contributed by atoms with E-state index >= 15 is 0 Å². The van der Waals surface area contributed by atoms with Gasteiger partial charge in [-0.3, -0.25) is 0 Å². The minimum atomic E-state index is -2.19. The molecule has 4 nitrogen and oxygen atoms in total. The van der Waals surface area contributed by atoms with Crippen LogP contribution in [0.2, 0.25) is 18.1 Å². The maximum Gasteiger partial charge on any atom is 0.342 e. The molecule has 2 aliphatic rings. The number of carbonyl (C=O) groups is 1. The number of hydrogen-bond acceptors (Lipinski definition) is 4. The number of carbonyl (C=O) groups excluding carboxylic acids is 1. The molecule has 0 unspecified atom stereocenters. The van der Waals surface area contributed by atoms with Crippen LogP contribution >= 0.6 is 0 Å². The number of rotatable bonds is 6. The number of fused-ring (bicyclic) bond motifs is 1. The first-order chi connectivity index (χ1) is 13.5. The number of hydrogen-bond donors (Lipinski definition) is 1. The van der Waals surface area contributed by atoms with Crippen LogP contribution in [0.5, 0.6) is 5.75 Å². The summed E-state index contributed by atoms with van der Waals surface area (Å²) in [6, 6.07) is 0. The first kappa shape index (κ1) is 22.1. The Morgan fingerprint density at radius 2 is 1.97 bits per heavy atom. The van der Waals surface area contributed by atoms with Crippen LogP contribution in [0, 0.1) is 6.92 Å². The highest BCUT2D eigenvalue weighted by Crippen LogP contribution is 2.44. The average Bonchev–Trinajstić information content (AvgIpc) is 3.27. The van der Waals surface area contributed by atoms with E-state index in [2.05, 4.69) is 53.8 Å². The highest BCUT2D eigenvalue weighted by Gasteiger charge is 2.42. The Balaban J connectivity index is 2.17. The van der Waals surface area contributed by atoms with E-state index in [1.165, 1.54) is 5.56 Å². The van der Waals surface area contributed by atoms with Crippen molar-refractivity contribution in [1.29, 1.82) is 0 Å². The molecule has 3 rings (SSSR count). The predicted octanol–water partition coefficient (Wildman–Crippen LogP) is 5.63. The molecule has 1 heterocycles. The first-order valence-electron chi connectivity index (χ1n) is 10.9. The summed E-state index contributed by atoms with van der Waals surface area (Å²) in [5.74, 6) is 0.379. The lowest BCUT2D eigenvalue weighted by Gasteiger charge is -2.38. The van der Waals surface area contributed by atoms with Crippen LogP contribution in [-0.2, 0) is 24.2 Å². The summed E-state index contributed by atoms with van der Waals surface area (Å²) in [6.45, 7) is 15.5. The fourth-order valence-corrected chi connectivity index (χ4v) is 5.21. The molecule has 0 amide bonds. The van der Waals surface area contributed by atoms with Crippen molar-refractivity contribution in [3.8, 4) is 5.75 Å². The second kappa shape index (κ2) is 7.92. The highest BCUT2D eigenvalue weighted by atomic mass is 28.4. The minimum Gasteiger partial charge on any atom is -0.543 e. The summed E-state index contributed by atoms with van der Waals surface area (Å²) in [4.78, 5) is 12.7. The van der Waals surface area contributed by atoms with Gasteiger partial charge in [-0.05, 0) is 73.0 Å². The summed E-state index contributed by atoms with van der Waals surface area (Å²) >= 11 is 0. The van der Waals surface area contributed by atoms with Crippen molar-refractivity contribution >= 4 is 14.3 Å². The number of aliphatic hydroxyl groups is 1. The van der Waals surface area contributed by atoms with Gasteiger partial charge in [-0.1, -0.05) is 33.8 Å². The van der Waals surface area contributed by atoms with E-state index in [4.69, 9.17) is 9.16 Å². The lowest BCUT2D eigenvalue weighted by atomic mass is 9.87. The topological polar surface area (TPSA) is 55.8 Å². The molecule has 0 aromatic heterocycles. The van der Waals surface area contributed by atoms with E-state index in [-0.39, 0.29) is 11.0 Å². The highest BCUT2D eigenvalue weighted by molar-refractivity contribution is 6.74. The van der Waals surface area contributed by atoms with Crippen molar-refractivity contribution in [3.05, 3.63) is 39.5 Å². The summed E-state index contributed by atoms with van der Waals surface area (Å²) in [7, 11) is -2.19. The largest absolute Gasteiger partial charge is 0.543 e. The van der Waals surface area contributed by atoms with Crippen LogP contribution in [0.4, 0.5) is 0 Å². The van der Waals surface area contributed by atoms with Crippen molar-refractivity contribution < 1.29 is 19.1 Å². The molecular formula is C24H36O4Si. The first-order valence-corrected chi connectivity index (χ1v) is 13.8. The molecule has 0 radical (unpaired) electrons. The van der Waals surface area contributed by atoms with Gasteiger partial charge in [0, 0.05) is 12.0 Å².